The lowest BCUT2D eigenvalue weighted by molar-refractivity contribution is 0.182. The summed E-state index contributed by atoms with van der Waals surface area (Å²) in [7, 11) is 0. The third-order valence-corrected chi connectivity index (χ3v) is 4.19. The summed E-state index contributed by atoms with van der Waals surface area (Å²) >= 11 is 0. The molecule has 2 heteroatoms. The molecular weight excluding hydrogens is 256 g/mol. The molecule has 0 spiro atoms. The molecule has 1 aliphatic rings. The Hall–Kier alpha value is -1.64. The average molecular weight is 280 g/mol. The lowest BCUT2D eigenvalue weighted by Crippen LogP contribution is -2.44. The highest BCUT2D eigenvalue weighted by atomic mass is 15.2. The van der Waals surface area contributed by atoms with E-state index in [9.17, 15) is 0 Å². The minimum Gasteiger partial charge on any atom is -0.309 e. The van der Waals surface area contributed by atoms with Crippen LogP contribution in [0.3, 0.4) is 0 Å². The molecule has 2 nitrogen and oxygen atoms in total. The Balaban J connectivity index is 1.49. The number of hydrogen-bond donors (Lipinski definition) is 1. The highest BCUT2D eigenvalue weighted by Crippen LogP contribution is 2.14. The first-order valence-corrected chi connectivity index (χ1v) is 7.94. The molecule has 0 aromatic heterocycles. The van der Waals surface area contributed by atoms with Gasteiger partial charge in [-0.3, -0.25) is 4.90 Å². The second-order valence-corrected chi connectivity index (χ2v) is 5.93. The quantitative estimate of drug-likeness (QED) is 0.902. The zero-order chi connectivity index (χ0) is 14.3. The topological polar surface area (TPSA) is 15.3 Å². The largest absolute Gasteiger partial charge is 0.309 e. The van der Waals surface area contributed by atoms with E-state index in [1.54, 1.807) is 0 Å². The van der Waals surface area contributed by atoms with Gasteiger partial charge >= 0.3 is 0 Å². The molecule has 0 aliphatic carbocycles. The van der Waals surface area contributed by atoms with Crippen LogP contribution >= 0.6 is 0 Å². The monoisotopic (exact) mass is 280 g/mol. The van der Waals surface area contributed by atoms with Crippen molar-refractivity contribution in [1.29, 1.82) is 0 Å². The minimum atomic E-state index is 0.614. The Labute approximate surface area is 127 Å². The van der Waals surface area contributed by atoms with E-state index in [-0.39, 0.29) is 0 Å². The SMILES string of the molecule is c1ccc(CN[C@H]2CCCN(Cc3ccccc3)C2)cc1. The Morgan fingerprint density at radius 2 is 1.57 bits per heavy atom. The van der Waals surface area contributed by atoms with E-state index in [2.05, 4.69) is 70.9 Å². The lowest BCUT2D eigenvalue weighted by atomic mass is 10.0. The first kappa shape index (κ1) is 14.3. The van der Waals surface area contributed by atoms with Crippen LogP contribution in [-0.4, -0.2) is 24.0 Å². The van der Waals surface area contributed by atoms with E-state index in [1.165, 1.54) is 30.5 Å². The summed E-state index contributed by atoms with van der Waals surface area (Å²) in [6.07, 6.45) is 2.58. The number of piperidine rings is 1. The molecule has 3 rings (SSSR count). The third-order valence-electron chi connectivity index (χ3n) is 4.19. The summed E-state index contributed by atoms with van der Waals surface area (Å²) < 4.78 is 0. The van der Waals surface area contributed by atoms with Crippen LogP contribution in [-0.2, 0) is 13.1 Å². The summed E-state index contributed by atoms with van der Waals surface area (Å²) in [6, 6.07) is 22.1. The fourth-order valence-electron chi connectivity index (χ4n) is 3.07. The zero-order valence-electron chi connectivity index (χ0n) is 12.5. The maximum atomic E-state index is 3.71. The first-order valence-electron chi connectivity index (χ1n) is 7.94. The number of hydrogen-bond acceptors (Lipinski definition) is 2. The van der Waals surface area contributed by atoms with Gasteiger partial charge in [0, 0.05) is 25.7 Å². The van der Waals surface area contributed by atoms with Gasteiger partial charge in [0.2, 0.25) is 0 Å². The van der Waals surface area contributed by atoms with Crippen molar-refractivity contribution in [1.82, 2.24) is 10.2 Å². The van der Waals surface area contributed by atoms with Gasteiger partial charge in [0.15, 0.2) is 0 Å². The van der Waals surface area contributed by atoms with Gasteiger partial charge in [-0.15, -0.1) is 0 Å². The number of rotatable bonds is 5. The molecule has 1 fully saturated rings. The fraction of sp³-hybridized carbons (Fsp3) is 0.368. The lowest BCUT2D eigenvalue weighted by Gasteiger charge is -2.33. The molecule has 0 unspecified atom stereocenters. The molecule has 0 radical (unpaired) electrons. The van der Waals surface area contributed by atoms with Crippen LogP contribution < -0.4 is 5.32 Å². The summed E-state index contributed by atoms with van der Waals surface area (Å²) in [5.74, 6) is 0. The van der Waals surface area contributed by atoms with Gasteiger partial charge in [0.05, 0.1) is 0 Å². The minimum absolute atomic E-state index is 0.614. The Kier molecular flexibility index (Phi) is 5.03. The second-order valence-electron chi connectivity index (χ2n) is 5.93. The molecule has 1 atom stereocenters. The van der Waals surface area contributed by atoms with Crippen LogP contribution in [0.5, 0.6) is 0 Å². The first-order chi connectivity index (χ1) is 10.4. The van der Waals surface area contributed by atoms with Crippen molar-refractivity contribution in [3.63, 3.8) is 0 Å². The second kappa shape index (κ2) is 7.39. The maximum absolute atomic E-state index is 3.71. The van der Waals surface area contributed by atoms with Crippen molar-refractivity contribution in [2.75, 3.05) is 13.1 Å². The standard InChI is InChI=1S/C19H24N2/c1-3-8-17(9-4-1)14-20-19-12-7-13-21(16-19)15-18-10-5-2-6-11-18/h1-6,8-11,19-20H,7,12-16H2/t19-/m0/s1. The Morgan fingerprint density at radius 1 is 0.905 bits per heavy atom. The van der Waals surface area contributed by atoms with Gasteiger partial charge in [-0.05, 0) is 30.5 Å². The van der Waals surface area contributed by atoms with E-state index < -0.39 is 0 Å². The van der Waals surface area contributed by atoms with Crippen LogP contribution in [0.4, 0.5) is 0 Å². The van der Waals surface area contributed by atoms with Crippen LogP contribution in [0.15, 0.2) is 60.7 Å². The van der Waals surface area contributed by atoms with Crippen LogP contribution in [0.1, 0.15) is 24.0 Å². The van der Waals surface area contributed by atoms with Crippen LogP contribution in [0.2, 0.25) is 0 Å². The molecule has 110 valence electrons. The van der Waals surface area contributed by atoms with E-state index in [4.69, 9.17) is 0 Å². The number of benzene rings is 2. The number of likely N-dealkylation sites (tertiary alicyclic amines) is 1. The molecule has 1 saturated heterocycles. The van der Waals surface area contributed by atoms with E-state index in [0.717, 1.165) is 19.6 Å². The predicted octanol–water partition coefficient (Wildman–Crippen LogP) is 3.44. The maximum Gasteiger partial charge on any atom is 0.0234 e. The molecule has 2 aromatic rings. The highest BCUT2D eigenvalue weighted by molar-refractivity contribution is 5.15. The van der Waals surface area contributed by atoms with E-state index >= 15 is 0 Å². The van der Waals surface area contributed by atoms with E-state index in [1.807, 2.05) is 0 Å². The molecule has 2 aromatic carbocycles. The van der Waals surface area contributed by atoms with Gasteiger partial charge in [0.1, 0.15) is 0 Å². The van der Waals surface area contributed by atoms with Crippen molar-refractivity contribution >= 4 is 0 Å². The van der Waals surface area contributed by atoms with Gasteiger partial charge < -0.3 is 5.32 Å². The smallest absolute Gasteiger partial charge is 0.0234 e. The van der Waals surface area contributed by atoms with E-state index in [0.29, 0.717) is 6.04 Å². The Morgan fingerprint density at radius 3 is 2.29 bits per heavy atom. The number of nitrogens with one attached hydrogen (secondary N) is 1. The molecular formula is C19H24N2. The molecule has 0 saturated carbocycles. The fourth-order valence-corrected chi connectivity index (χ4v) is 3.07. The number of nitrogens with zero attached hydrogens (tertiary/aromatic N) is 1. The van der Waals surface area contributed by atoms with Crippen molar-refractivity contribution in [2.24, 2.45) is 0 Å². The molecule has 1 heterocycles. The summed E-state index contributed by atoms with van der Waals surface area (Å²) in [4.78, 5) is 2.57. The van der Waals surface area contributed by atoms with Crippen LogP contribution in [0, 0.1) is 0 Å². The summed E-state index contributed by atoms with van der Waals surface area (Å²) in [5, 5.41) is 3.71. The zero-order valence-corrected chi connectivity index (χ0v) is 12.5. The van der Waals surface area contributed by atoms with Gasteiger partial charge in [-0.2, -0.15) is 0 Å². The van der Waals surface area contributed by atoms with Crippen molar-refractivity contribution < 1.29 is 0 Å². The average Bonchev–Trinajstić information content (AvgIpc) is 2.55. The molecule has 1 aliphatic heterocycles. The summed E-state index contributed by atoms with van der Waals surface area (Å²) in [5.41, 5.74) is 2.79. The molecule has 0 amide bonds. The molecule has 1 N–H and O–H groups in total. The van der Waals surface area contributed by atoms with Crippen molar-refractivity contribution in [3.8, 4) is 0 Å². The highest BCUT2D eigenvalue weighted by Gasteiger charge is 2.19. The Bertz CT molecular complexity index is 524. The van der Waals surface area contributed by atoms with Gasteiger partial charge in [-0.25, -0.2) is 0 Å². The van der Waals surface area contributed by atoms with Gasteiger partial charge in [-0.1, -0.05) is 60.7 Å². The third kappa shape index (κ3) is 4.42. The normalized spacial score (nSPS) is 19.5. The predicted molar refractivity (Wildman–Crippen MR) is 88.0 cm³/mol. The molecule has 0 bridgehead atoms. The van der Waals surface area contributed by atoms with Crippen molar-refractivity contribution in [2.45, 2.75) is 32.0 Å². The molecule has 21 heavy (non-hydrogen) atoms. The van der Waals surface area contributed by atoms with Crippen molar-refractivity contribution in [3.05, 3.63) is 71.8 Å². The summed E-state index contributed by atoms with van der Waals surface area (Å²) in [6.45, 7) is 4.43. The van der Waals surface area contributed by atoms with Crippen LogP contribution in [0.25, 0.3) is 0 Å². The van der Waals surface area contributed by atoms with Gasteiger partial charge in [0.25, 0.3) is 0 Å².